The second kappa shape index (κ2) is 10.4. The molecule has 142 valence electrons. The van der Waals surface area contributed by atoms with Gasteiger partial charge in [-0.25, -0.2) is 0 Å². The van der Waals surface area contributed by atoms with Gasteiger partial charge >= 0.3 is 0 Å². The van der Waals surface area contributed by atoms with Gasteiger partial charge in [-0.3, -0.25) is 4.79 Å². The smallest absolute Gasteiger partial charge is 0.237 e. The maximum absolute atomic E-state index is 12.7. The number of rotatable bonds is 9. The fourth-order valence-electron chi connectivity index (χ4n) is 2.48. The molecule has 1 aromatic heterocycles. The summed E-state index contributed by atoms with van der Waals surface area (Å²) in [4.78, 5) is 14.3. The molecule has 3 aromatic rings. The SMILES string of the molecule is N#CCCN(C(=O)CSc1nnc(NCc2ccccc2)s1)c1ccccc1. The van der Waals surface area contributed by atoms with Crippen LogP contribution in [0.25, 0.3) is 0 Å². The van der Waals surface area contributed by atoms with Gasteiger partial charge in [-0.15, -0.1) is 10.2 Å². The molecule has 0 radical (unpaired) electrons. The Morgan fingerprint density at radius 1 is 1.11 bits per heavy atom. The van der Waals surface area contributed by atoms with Crippen LogP contribution in [0.15, 0.2) is 65.0 Å². The number of nitrogens with zero attached hydrogens (tertiary/aromatic N) is 4. The third kappa shape index (κ3) is 5.81. The normalized spacial score (nSPS) is 10.2. The van der Waals surface area contributed by atoms with Crippen LogP contribution in [0.1, 0.15) is 12.0 Å². The zero-order chi connectivity index (χ0) is 19.6. The standard InChI is InChI=1S/C20H19N5OS2/c21-12-7-13-25(17-10-5-2-6-11-17)18(26)15-27-20-24-23-19(28-20)22-14-16-8-3-1-4-9-16/h1-6,8-11H,7,13-15H2,(H,22,23). The molecule has 8 heteroatoms. The van der Waals surface area contributed by atoms with E-state index in [1.165, 1.54) is 23.1 Å². The van der Waals surface area contributed by atoms with Crippen LogP contribution in [0.2, 0.25) is 0 Å². The molecule has 0 spiro atoms. The molecule has 0 fully saturated rings. The molecule has 0 saturated heterocycles. The highest BCUT2D eigenvalue weighted by atomic mass is 32.2. The van der Waals surface area contributed by atoms with E-state index in [0.29, 0.717) is 13.1 Å². The van der Waals surface area contributed by atoms with Crippen LogP contribution in [0, 0.1) is 11.3 Å². The van der Waals surface area contributed by atoms with Crippen LogP contribution < -0.4 is 10.2 Å². The third-order valence-electron chi connectivity index (χ3n) is 3.83. The van der Waals surface area contributed by atoms with Crippen molar-refractivity contribution in [2.45, 2.75) is 17.3 Å². The molecule has 0 aliphatic heterocycles. The Morgan fingerprint density at radius 2 is 1.82 bits per heavy atom. The van der Waals surface area contributed by atoms with E-state index in [9.17, 15) is 4.79 Å². The monoisotopic (exact) mass is 409 g/mol. The Balaban J connectivity index is 1.54. The molecule has 0 atom stereocenters. The molecule has 1 N–H and O–H groups in total. The number of benzene rings is 2. The second-order valence-corrected chi connectivity index (χ2v) is 7.99. The topological polar surface area (TPSA) is 81.9 Å². The zero-order valence-electron chi connectivity index (χ0n) is 15.1. The summed E-state index contributed by atoms with van der Waals surface area (Å²) in [7, 11) is 0. The number of carbonyl (C=O) groups excluding carboxylic acids is 1. The van der Waals surface area contributed by atoms with E-state index in [1.54, 1.807) is 4.90 Å². The molecule has 6 nitrogen and oxygen atoms in total. The van der Waals surface area contributed by atoms with Crippen molar-refractivity contribution in [3.05, 3.63) is 66.2 Å². The number of thioether (sulfide) groups is 1. The Morgan fingerprint density at radius 3 is 2.54 bits per heavy atom. The summed E-state index contributed by atoms with van der Waals surface area (Å²) in [5.74, 6) is 0.189. The average molecular weight is 410 g/mol. The Kier molecular flexibility index (Phi) is 7.41. The van der Waals surface area contributed by atoms with Gasteiger partial charge in [-0.2, -0.15) is 5.26 Å². The lowest BCUT2D eigenvalue weighted by atomic mass is 10.2. The minimum absolute atomic E-state index is 0.0551. The predicted octanol–water partition coefficient (Wildman–Crippen LogP) is 4.19. The minimum Gasteiger partial charge on any atom is -0.356 e. The maximum atomic E-state index is 12.7. The fourth-order valence-corrected chi connectivity index (χ4v) is 4.11. The highest BCUT2D eigenvalue weighted by molar-refractivity contribution is 8.01. The maximum Gasteiger partial charge on any atom is 0.237 e. The van der Waals surface area contributed by atoms with Gasteiger partial charge < -0.3 is 10.2 Å². The third-order valence-corrected chi connectivity index (χ3v) is 5.83. The van der Waals surface area contributed by atoms with Crippen LogP contribution in [-0.4, -0.2) is 28.4 Å². The molecule has 0 unspecified atom stereocenters. The number of anilines is 2. The Hall–Kier alpha value is -2.89. The number of amides is 1. The van der Waals surface area contributed by atoms with Gasteiger partial charge in [0.2, 0.25) is 11.0 Å². The molecule has 0 saturated carbocycles. The van der Waals surface area contributed by atoms with Gasteiger partial charge in [0.05, 0.1) is 18.2 Å². The number of nitriles is 1. The van der Waals surface area contributed by atoms with Crippen LogP contribution in [0.4, 0.5) is 10.8 Å². The first-order valence-corrected chi connectivity index (χ1v) is 10.5. The molecule has 3 rings (SSSR count). The molecule has 28 heavy (non-hydrogen) atoms. The number of para-hydroxylation sites is 1. The predicted molar refractivity (Wildman–Crippen MR) is 113 cm³/mol. The number of nitrogens with one attached hydrogen (secondary N) is 1. The number of aromatic nitrogens is 2. The van der Waals surface area contributed by atoms with Crippen molar-refractivity contribution in [1.29, 1.82) is 5.26 Å². The fraction of sp³-hybridized carbons (Fsp3) is 0.200. The number of hydrogen-bond acceptors (Lipinski definition) is 7. The van der Waals surface area contributed by atoms with Gasteiger partial charge in [0.15, 0.2) is 4.34 Å². The first-order chi connectivity index (χ1) is 13.8. The van der Waals surface area contributed by atoms with E-state index in [2.05, 4.69) is 21.6 Å². The van der Waals surface area contributed by atoms with Crippen LogP contribution in [0.3, 0.4) is 0 Å². The van der Waals surface area contributed by atoms with E-state index >= 15 is 0 Å². The molecular formula is C20H19N5OS2. The lowest BCUT2D eigenvalue weighted by Gasteiger charge is -2.21. The van der Waals surface area contributed by atoms with Crippen LogP contribution >= 0.6 is 23.1 Å². The summed E-state index contributed by atoms with van der Waals surface area (Å²) >= 11 is 2.78. The van der Waals surface area contributed by atoms with Crippen molar-refractivity contribution in [1.82, 2.24) is 10.2 Å². The van der Waals surface area contributed by atoms with Crippen LogP contribution in [-0.2, 0) is 11.3 Å². The van der Waals surface area contributed by atoms with Crippen molar-refractivity contribution in [2.24, 2.45) is 0 Å². The number of carbonyl (C=O) groups is 1. The lowest BCUT2D eigenvalue weighted by Crippen LogP contribution is -2.33. The van der Waals surface area contributed by atoms with Gasteiger partial charge in [-0.05, 0) is 17.7 Å². The minimum atomic E-state index is -0.0551. The van der Waals surface area contributed by atoms with Gasteiger partial charge in [0.1, 0.15) is 0 Å². The van der Waals surface area contributed by atoms with Gasteiger partial charge in [0, 0.05) is 18.8 Å². The van der Waals surface area contributed by atoms with E-state index in [4.69, 9.17) is 5.26 Å². The van der Waals surface area contributed by atoms with Crippen molar-refractivity contribution < 1.29 is 4.79 Å². The largest absolute Gasteiger partial charge is 0.356 e. The van der Waals surface area contributed by atoms with Crippen molar-refractivity contribution in [2.75, 3.05) is 22.5 Å². The summed E-state index contributed by atoms with van der Waals surface area (Å²) < 4.78 is 0.734. The molecule has 1 amide bonds. The van der Waals surface area contributed by atoms with E-state index in [-0.39, 0.29) is 18.1 Å². The molecule has 0 aliphatic carbocycles. The summed E-state index contributed by atoms with van der Waals surface area (Å²) in [6, 6.07) is 21.6. The highest BCUT2D eigenvalue weighted by Gasteiger charge is 2.16. The summed E-state index contributed by atoms with van der Waals surface area (Å²) in [5, 5.41) is 21.1. The van der Waals surface area contributed by atoms with Crippen LogP contribution in [0.5, 0.6) is 0 Å². The molecule has 0 bridgehead atoms. The van der Waals surface area contributed by atoms with Crippen molar-refractivity contribution in [3.63, 3.8) is 0 Å². The van der Waals surface area contributed by atoms with Gasteiger partial charge in [0.25, 0.3) is 0 Å². The summed E-state index contributed by atoms with van der Waals surface area (Å²) in [6.45, 7) is 1.05. The number of hydrogen-bond donors (Lipinski definition) is 1. The molecule has 2 aromatic carbocycles. The average Bonchev–Trinajstić information content (AvgIpc) is 3.20. The quantitative estimate of drug-likeness (QED) is 0.534. The summed E-state index contributed by atoms with van der Waals surface area (Å²) in [6.07, 6.45) is 0.289. The second-order valence-electron chi connectivity index (χ2n) is 5.79. The summed E-state index contributed by atoms with van der Waals surface area (Å²) in [5.41, 5.74) is 1.96. The van der Waals surface area contributed by atoms with Crippen molar-refractivity contribution in [3.8, 4) is 6.07 Å². The van der Waals surface area contributed by atoms with E-state index in [0.717, 1.165) is 20.7 Å². The molecular weight excluding hydrogens is 390 g/mol. The lowest BCUT2D eigenvalue weighted by molar-refractivity contribution is -0.116. The Bertz CT molecular complexity index is 925. The van der Waals surface area contributed by atoms with E-state index in [1.807, 2.05) is 60.7 Å². The zero-order valence-corrected chi connectivity index (χ0v) is 16.7. The van der Waals surface area contributed by atoms with Crippen molar-refractivity contribution >= 4 is 39.8 Å². The highest BCUT2D eigenvalue weighted by Crippen LogP contribution is 2.26. The molecule has 0 aliphatic rings. The molecule has 1 heterocycles. The first-order valence-electron chi connectivity index (χ1n) is 8.73. The Labute approximate surface area is 172 Å². The first kappa shape index (κ1) is 19.9. The van der Waals surface area contributed by atoms with Gasteiger partial charge in [-0.1, -0.05) is 71.6 Å². The van der Waals surface area contributed by atoms with E-state index < -0.39 is 0 Å².